The zero-order valence-electron chi connectivity index (χ0n) is 26.4. The lowest BCUT2D eigenvalue weighted by Gasteiger charge is -2.19. The Morgan fingerprint density at radius 1 is 0.581 bits per heavy atom. The van der Waals surface area contributed by atoms with Crippen LogP contribution in [0.15, 0.2) is 66.7 Å². The van der Waals surface area contributed by atoms with Gasteiger partial charge < -0.3 is 14.6 Å². The second-order valence-electron chi connectivity index (χ2n) is 11.5. The highest BCUT2D eigenvalue weighted by atomic mass is 16.5. The molecule has 0 radical (unpaired) electrons. The van der Waals surface area contributed by atoms with Gasteiger partial charge in [0.2, 0.25) is 0 Å². The number of hydrogen-bond donors (Lipinski definition) is 1. The van der Waals surface area contributed by atoms with Crippen LogP contribution in [0, 0.1) is 11.8 Å². The molecule has 0 aliphatic rings. The van der Waals surface area contributed by atoms with E-state index >= 15 is 0 Å². The van der Waals surface area contributed by atoms with Crippen molar-refractivity contribution in [2.24, 2.45) is 11.8 Å². The van der Waals surface area contributed by atoms with Crippen molar-refractivity contribution in [1.82, 2.24) is 0 Å². The van der Waals surface area contributed by atoms with Crippen LogP contribution in [0.3, 0.4) is 0 Å². The van der Waals surface area contributed by atoms with Crippen LogP contribution in [0.1, 0.15) is 111 Å². The van der Waals surface area contributed by atoms with Gasteiger partial charge >= 0.3 is 17.9 Å². The number of benzene rings is 3. The van der Waals surface area contributed by atoms with E-state index in [2.05, 4.69) is 27.7 Å². The minimum Gasteiger partial charge on any atom is -0.478 e. The average molecular weight is 587 g/mol. The maximum atomic E-state index is 13.2. The van der Waals surface area contributed by atoms with Gasteiger partial charge in [0.25, 0.3) is 0 Å². The van der Waals surface area contributed by atoms with Crippen LogP contribution in [-0.2, 0) is 9.47 Å². The van der Waals surface area contributed by atoms with Gasteiger partial charge in [0, 0.05) is 0 Å². The molecule has 2 atom stereocenters. The molecule has 0 amide bonds. The Morgan fingerprint density at radius 2 is 0.977 bits per heavy atom. The normalized spacial score (nSPS) is 12.7. The van der Waals surface area contributed by atoms with Crippen molar-refractivity contribution >= 4 is 17.9 Å². The minimum absolute atomic E-state index is 0.174. The third kappa shape index (κ3) is 9.28. The summed E-state index contributed by atoms with van der Waals surface area (Å²) in [5.41, 5.74) is 4.28. The molecule has 0 heterocycles. The molecule has 0 bridgehead atoms. The Balaban J connectivity index is 1.92. The third-order valence-corrected chi connectivity index (χ3v) is 8.39. The zero-order valence-corrected chi connectivity index (χ0v) is 26.4. The van der Waals surface area contributed by atoms with Crippen LogP contribution in [-0.4, -0.2) is 35.2 Å². The molecule has 0 aromatic heterocycles. The summed E-state index contributed by atoms with van der Waals surface area (Å²) in [5.74, 6) is -0.723. The number of carboxylic acid groups (broad SMARTS) is 1. The van der Waals surface area contributed by atoms with E-state index in [1.165, 1.54) is 0 Å². The summed E-state index contributed by atoms with van der Waals surface area (Å²) in [5, 5.41) is 9.34. The van der Waals surface area contributed by atoms with Crippen LogP contribution >= 0.6 is 0 Å². The number of hydrogen-bond acceptors (Lipinski definition) is 5. The summed E-state index contributed by atoms with van der Waals surface area (Å²) in [4.78, 5) is 37.5. The Hall–Kier alpha value is -3.93. The molecule has 230 valence electrons. The number of ether oxygens (including phenoxy) is 2. The van der Waals surface area contributed by atoms with Crippen molar-refractivity contribution in [3.8, 4) is 22.3 Å². The Bertz CT molecular complexity index is 1350. The lowest BCUT2D eigenvalue weighted by Crippen LogP contribution is -2.18. The minimum atomic E-state index is -0.996. The van der Waals surface area contributed by atoms with Gasteiger partial charge in [-0.3, -0.25) is 0 Å². The molecule has 0 unspecified atom stereocenters. The highest BCUT2D eigenvalue weighted by molar-refractivity contribution is 5.96. The fourth-order valence-electron chi connectivity index (χ4n) is 5.52. The van der Waals surface area contributed by atoms with E-state index in [1.807, 2.05) is 32.0 Å². The Kier molecular flexibility index (Phi) is 12.5. The summed E-state index contributed by atoms with van der Waals surface area (Å²) in [6.07, 6.45) is 5.45. The predicted molar refractivity (Wildman–Crippen MR) is 171 cm³/mol. The number of aromatic carboxylic acids is 1. The molecule has 6 nitrogen and oxygen atoms in total. The number of rotatable bonds is 15. The van der Waals surface area contributed by atoms with E-state index in [1.54, 1.807) is 48.5 Å². The molecular formula is C37H46O6. The first-order valence-corrected chi connectivity index (χ1v) is 15.6. The Morgan fingerprint density at radius 3 is 1.42 bits per heavy atom. The van der Waals surface area contributed by atoms with Crippen molar-refractivity contribution in [1.29, 1.82) is 0 Å². The zero-order chi connectivity index (χ0) is 31.5. The van der Waals surface area contributed by atoms with E-state index in [-0.39, 0.29) is 29.7 Å². The SMILES string of the molecule is CCC(CC)C[C@@H](C)OC(=O)c1ccc(-c2cc(C(=O)O[C@H](C)CC(CC)CC)ccc2-c2ccc(C(=O)O)cc2)cc1. The molecule has 0 fully saturated rings. The van der Waals surface area contributed by atoms with Gasteiger partial charge in [-0.2, -0.15) is 0 Å². The molecule has 1 N–H and O–H groups in total. The van der Waals surface area contributed by atoms with Crippen molar-refractivity contribution in [3.63, 3.8) is 0 Å². The molecule has 3 rings (SSSR count). The van der Waals surface area contributed by atoms with Crippen LogP contribution in [0.4, 0.5) is 0 Å². The average Bonchev–Trinajstić information content (AvgIpc) is 3.02. The van der Waals surface area contributed by atoms with E-state index in [4.69, 9.17) is 9.47 Å². The molecule has 3 aromatic carbocycles. The van der Waals surface area contributed by atoms with Gasteiger partial charge in [-0.25, -0.2) is 14.4 Å². The maximum Gasteiger partial charge on any atom is 0.338 e. The second-order valence-corrected chi connectivity index (χ2v) is 11.5. The first-order valence-electron chi connectivity index (χ1n) is 15.6. The molecule has 0 aliphatic heterocycles. The number of carbonyl (C=O) groups is 3. The smallest absolute Gasteiger partial charge is 0.338 e. The summed E-state index contributed by atoms with van der Waals surface area (Å²) < 4.78 is 11.5. The van der Waals surface area contributed by atoms with E-state index in [0.29, 0.717) is 23.0 Å². The first kappa shape index (κ1) is 33.6. The fraction of sp³-hybridized carbons (Fsp3) is 0.432. The van der Waals surface area contributed by atoms with E-state index in [9.17, 15) is 19.5 Å². The van der Waals surface area contributed by atoms with Crippen molar-refractivity contribution < 1.29 is 29.0 Å². The lowest BCUT2D eigenvalue weighted by atomic mass is 9.92. The van der Waals surface area contributed by atoms with Gasteiger partial charge in [0.1, 0.15) is 0 Å². The quantitative estimate of drug-likeness (QED) is 0.178. The molecular weight excluding hydrogens is 540 g/mol. The second kappa shape index (κ2) is 16.1. The molecule has 0 spiro atoms. The van der Waals surface area contributed by atoms with Gasteiger partial charge in [0.15, 0.2) is 0 Å². The molecule has 6 heteroatoms. The largest absolute Gasteiger partial charge is 0.478 e. The van der Waals surface area contributed by atoms with Crippen LogP contribution in [0.25, 0.3) is 22.3 Å². The Labute approximate surface area is 256 Å². The highest BCUT2D eigenvalue weighted by Crippen LogP contribution is 2.34. The standard InChI is InChI=1S/C37H46O6/c1-7-26(8-2)21-24(5)42-36(40)31-17-13-29(14-18-31)34-23-32(37(41)43-25(6)22-27(9-3)10-4)19-20-33(34)28-11-15-30(16-12-28)35(38)39/h11-20,23-27H,7-10,21-22H2,1-6H3,(H,38,39)/t24-,25-/m1/s1. The van der Waals surface area contributed by atoms with Gasteiger partial charge in [-0.1, -0.05) is 83.7 Å². The number of carboxylic acids is 1. The van der Waals surface area contributed by atoms with Crippen LogP contribution in [0.5, 0.6) is 0 Å². The monoisotopic (exact) mass is 586 g/mol. The topological polar surface area (TPSA) is 89.9 Å². The van der Waals surface area contributed by atoms with Gasteiger partial charge in [-0.15, -0.1) is 0 Å². The van der Waals surface area contributed by atoms with Crippen LogP contribution in [0.2, 0.25) is 0 Å². The maximum absolute atomic E-state index is 13.2. The van der Waals surface area contributed by atoms with E-state index < -0.39 is 5.97 Å². The summed E-state index contributed by atoms with van der Waals surface area (Å²) in [6.45, 7) is 12.5. The number of carbonyl (C=O) groups excluding carboxylic acids is 2. The third-order valence-electron chi connectivity index (χ3n) is 8.39. The van der Waals surface area contributed by atoms with Gasteiger partial charge in [0.05, 0.1) is 28.9 Å². The van der Waals surface area contributed by atoms with Crippen molar-refractivity contribution in [3.05, 3.63) is 83.4 Å². The fourth-order valence-corrected chi connectivity index (χ4v) is 5.52. The van der Waals surface area contributed by atoms with Gasteiger partial charge in [-0.05, 0) is 97.2 Å². The molecule has 0 saturated heterocycles. The molecule has 3 aromatic rings. The lowest BCUT2D eigenvalue weighted by molar-refractivity contribution is 0.0275. The predicted octanol–water partition coefficient (Wildman–Crippen LogP) is 9.46. The van der Waals surface area contributed by atoms with Crippen molar-refractivity contribution in [2.75, 3.05) is 0 Å². The summed E-state index contributed by atoms with van der Waals surface area (Å²) >= 11 is 0. The van der Waals surface area contributed by atoms with Crippen molar-refractivity contribution in [2.45, 2.75) is 92.3 Å². The summed E-state index contributed by atoms with van der Waals surface area (Å²) in [6, 6.07) is 19.2. The van der Waals surface area contributed by atoms with Crippen LogP contribution < -0.4 is 0 Å². The molecule has 0 saturated carbocycles. The first-order chi connectivity index (χ1) is 20.6. The molecule has 43 heavy (non-hydrogen) atoms. The summed E-state index contributed by atoms with van der Waals surface area (Å²) in [7, 11) is 0. The highest BCUT2D eigenvalue weighted by Gasteiger charge is 2.20. The number of esters is 2. The van der Waals surface area contributed by atoms with E-state index in [0.717, 1.165) is 60.8 Å². The molecule has 0 aliphatic carbocycles.